The third-order valence-corrected chi connectivity index (χ3v) is 1.77. The molecule has 0 radical (unpaired) electrons. The summed E-state index contributed by atoms with van der Waals surface area (Å²) in [6, 6.07) is 3.17. The molecular weight excluding hydrogens is 192 g/mol. The quantitative estimate of drug-likeness (QED) is 0.595. The van der Waals surface area contributed by atoms with Crippen molar-refractivity contribution in [1.82, 2.24) is 4.57 Å². The Balaban J connectivity index is 3.18. The first kappa shape index (κ1) is 10.9. The minimum atomic E-state index is -0.339. The number of aromatic nitrogens is 1. The van der Waals surface area contributed by atoms with E-state index < -0.39 is 0 Å². The Kier molecular flexibility index (Phi) is 3.17. The van der Waals surface area contributed by atoms with Crippen LogP contribution in [0.4, 0.5) is 5.69 Å². The second-order valence-corrected chi connectivity index (χ2v) is 3.14. The fourth-order valence-electron chi connectivity index (χ4n) is 1.01. The van der Waals surface area contributed by atoms with E-state index in [1.807, 2.05) is 0 Å². The Morgan fingerprint density at radius 1 is 1.40 bits per heavy atom. The summed E-state index contributed by atoms with van der Waals surface area (Å²) in [5, 5.41) is 0. The average Bonchev–Trinajstić information content (AvgIpc) is 2.18. The maximum Gasteiger partial charge on any atom is 0.279 e. The zero-order chi connectivity index (χ0) is 11.4. The molecule has 1 aromatic rings. The number of rotatable bonds is 2. The summed E-state index contributed by atoms with van der Waals surface area (Å²) < 4.78 is 1.26. The lowest BCUT2D eigenvalue weighted by Gasteiger charge is -2.04. The van der Waals surface area contributed by atoms with Crippen molar-refractivity contribution in [3.8, 4) is 0 Å². The van der Waals surface area contributed by atoms with Crippen molar-refractivity contribution in [2.45, 2.75) is 6.92 Å². The van der Waals surface area contributed by atoms with Crippen LogP contribution in [0.2, 0.25) is 0 Å². The highest BCUT2D eigenvalue weighted by Crippen LogP contribution is 1.97. The monoisotopic (exact) mass is 206 g/mol. The third-order valence-electron chi connectivity index (χ3n) is 1.77. The Morgan fingerprint density at radius 3 is 2.67 bits per heavy atom. The van der Waals surface area contributed by atoms with E-state index >= 15 is 0 Å². The number of allylic oxidation sites excluding steroid dienone is 3. The molecule has 0 aliphatic rings. The molecule has 0 atom stereocenters. The molecule has 6 N–H and O–H groups in total. The molecule has 80 valence electrons. The van der Waals surface area contributed by atoms with Crippen LogP contribution < -0.4 is 22.8 Å². The molecule has 5 nitrogen and oxygen atoms in total. The summed E-state index contributed by atoms with van der Waals surface area (Å²) in [6.07, 6.45) is 4.71. The number of nitrogen functional groups attached to an aromatic ring is 1. The first-order valence-electron chi connectivity index (χ1n) is 4.39. The topological polar surface area (TPSA) is 100 Å². The lowest BCUT2D eigenvalue weighted by Crippen LogP contribution is -2.24. The van der Waals surface area contributed by atoms with Gasteiger partial charge in [-0.3, -0.25) is 9.36 Å². The molecule has 0 amide bonds. The van der Waals surface area contributed by atoms with Crippen LogP contribution in [0.1, 0.15) is 6.92 Å². The molecule has 0 unspecified atom stereocenters. The Labute approximate surface area is 87.5 Å². The van der Waals surface area contributed by atoms with Gasteiger partial charge in [-0.05, 0) is 31.2 Å². The van der Waals surface area contributed by atoms with E-state index in [4.69, 9.17) is 17.2 Å². The van der Waals surface area contributed by atoms with E-state index in [9.17, 15) is 4.79 Å². The summed E-state index contributed by atoms with van der Waals surface area (Å²) >= 11 is 0. The van der Waals surface area contributed by atoms with E-state index in [0.717, 1.165) is 0 Å². The van der Waals surface area contributed by atoms with Crippen LogP contribution in [0.5, 0.6) is 0 Å². The van der Waals surface area contributed by atoms with Crippen LogP contribution in [0.15, 0.2) is 41.0 Å². The number of nitrogens with zero attached hydrogens (tertiary/aromatic N) is 1. The number of pyridine rings is 1. The Bertz CT molecular complexity index is 467. The molecule has 1 aromatic heterocycles. The molecule has 1 heterocycles. The zero-order valence-electron chi connectivity index (χ0n) is 8.47. The van der Waals surface area contributed by atoms with Crippen molar-refractivity contribution in [3.63, 3.8) is 0 Å². The highest BCUT2D eigenvalue weighted by atomic mass is 16.1. The third kappa shape index (κ3) is 2.63. The molecule has 0 spiro atoms. The summed E-state index contributed by atoms with van der Waals surface area (Å²) in [7, 11) is 0. The van der Waals surface area contributed by atoms with Crippen LogP contribution in [0.3, 0.4) is 0 Å². The predicted molar refractivity (Wildman–Crippen MR) is 61.5 cm³/mol. The minimum absolute atomic E-state index is 0.155. The number of nitrogens with two attached hydrogens (primary N) is 3. The van der Waals surface area contributed by atoms with Gasteiger partial charge in [0.1, 0.15) is 5.82 Å². The van der Waals surface area contributed by atoms with Crippen LogP contribution in [-0.4, -0.2) is 4.57 Å². The number of hydrogen-bond donors (Lipinski definition) is 3. The first-order valence-corrected chi connectivity index (χ1v) is 4.39. The van der Waals surface area contributed by atoms with Crippen molar-refractivity contribution < 1.29 is 0 Å². The highest BCUT2D eigenvalue weighted by Gasteiger charge is 1.99. The van der Waals surface area contributed by atoms with Gasteiger partial charge in [-0.15, -0.1) is 0 Å². The zero-order valence-corrected chi connectivity index (χ0v) is 8.47. The first-order chi connectivity index (χ1) is 7.02. The van der Waals surface area contributed by atoms with Gasteiger partial charge in [0.15, 0.2) is 0 Å². The fourth-order valence-corrected chi connectivity index (χ4v) is 1.01. The average molecular weight is 206 g/mol. The van der Waals surface area contributed by atoms with Crippen molar-refractivity contribution in [2.75, 3.05) is 5.73 Å². The summed E-state index contributed by atoms with van der Waals surface area (Å²) in [5.41, 5.74) is 17.0. The molecule has 0 aromatic carbocycles. The summed E-state index contributed by atoms with van der Waals surface area (Å²) in [4.78, 5) is 11.5. The standard InChI is InChI=1S/C10H14N4O/c1-7(11)4-5-9(13)14-6-2-3-8(12)10(14)15/h2-6H,11-13H2,1H3/b7-4-,9-5+. The van der Waals surface area contributed by atoms with Crippen LogP contribution in [0, 0.1) is 0 Å². The SMILES string of the molecule is C/C(N)=C/C=C(\N)n1cccc(N)c1=O. The maximum absolute atomic E-state index is 11.5. The lowest BCUT2D eigenvalue weighted by atomic mass is 10.4. The molecule has 0 aliphatic heterocycles. The smallest absolute Gasteiger partial charge is 0.279 e. The number of anilines is 1. The van der Waals surface area contributed by atoms with E-state index in [1.165, 1.54) is 10.6 Å². The lowest BCUT2D eigenvalue weighted by molar-refractivity contribution is 0.999. The predicted octanol–water partition coefficient (Wildman–Crippen LogP) is 0.0501. The van der Waals surface area contributed by atoms with Gasteiger partial charge in [-0.1, -0.05) is 0 Å². The molecule has 15 heavy (non-hydrogen) atoms. The second kappa shape index (κ2) is 4.36. The minimum Gasteiger partial charge on any atom is -0.402 e. The van der Waals surface area contributed by atoms with Crippen molar-refractivity contribution in [3.05, 3.63) is 46.5 Å². The van der Waals surface area contributed by atoms with E-state index in [2.05, 4.69) is 0 Å². The van der Waals surface area contributed by atoms with Gasteiger partial charge in [-0.2, -0.15) is 0 Å². The van der Waals surface area contributed by atoms with Gasteiger partial charge in [0, 0.05) is 11.9 Å². The van der Waals surface area contributed by atoms with Crippen LogP contribution >= 0.6 is 0 Å². The molecule has 0 saturated carbocycles. The van der Waals surface area contributed by atoms with E-state index in [1.54, 1.807) is 31.3 Å². The second-order valence-electron chi connectivity index (χ2n) is 3.14. The Morgan fingerprint density at radius 2 is 2.07 bits per heavy atom. The fraction of sp³-hybridized carbons (Fsp3) is 0.100. The van der Waals surface area contributed by atoms with Gasteiger partial charge in [0.25, 0.3) is 5.56 Å². The van der Waals surface area contributed by atoms with Gasteiger partial charge in [0.2, 0.25) is 0 Å². The number of hydrogen-bond acceptors (Lipinski definition) is 4. The molecular formula is C10H14N4O. The summed E-state index contributed by atoms with van der Waals surface area (Å²) in [6.45, 7) is 1.73. The van der Waals surface area contributed by atoms with Gasteiger partial charge >= 0.3 is 0 Å². The molecule has 0 aliphatic carbocycles. The normalized spacial score (nSPS) is 12.9. The van der Waals surface area contributed by atoms with Crippen molar-refractivity contribution in [1.29, 1.82) is 0 Å². The molecule has 0 fully saturated rings. The van der Waals surface area contributed by atoms with Gasteiger partial charge in [-0.25, -0.2) is 0 Å². The van der Waals surface area contributed by atoms with Crippen molar-refractivity contribution in [2.24, 2.45) is 11.5 Å². The van der Waals surface area contributed by atoms with Gasteiger partial charge in [0.05, 0.1) is 5.69 Å². The molecule has 1 rings (SSSR count). The highest BCUT2D eigenvalue weighted by molar-refractivity contribution is 5.47. The van der Waals surface area contributed by atoms with E-state index in [-0.39, 0.29) is 17.1 Å². The van der Waals surface area contributed by atoms with Crippen LogP contribution in [-0.2, 0) is 0 Å². The molecule has 0 saturated heterocycles. The maximum atomic E-state index is 11.5. The van der Waals surface area contributed by atoms with Crippen LogP contribution in [0.25, 0.3) is 5.82 Å². The Hall–Kier alpha value is -2.17. The van der Waals surface area contributed by atoms with E-state index in [0.29, 0.717) is 5.70 Å². The van der Waals surface area contributed by atoms with Crippen molar-refractivity contribution >= 4 is 11.5 Å². The van der Waals surface area contributed by atoms with Gasteiger partial charge < -0.3 is 17.2 Å². The summed E-state index contributed by atoms with van der Waals surface area (Å²) in [5.74, 6) is 0.275. The largest absolute Gasteiger partial charge is 0.402 e. The molecule has 5 heteroatoms. The molecule has 0 bridgehead atoms.